The van der Waals surface area contributed by atoms with Gasteiger partial charge in [-0.2, -0.15) is 0 Å². The van der Waals surface area contributed by atoms with Gasteiger partial charge in [-0.05, 0) is 25.9 Å². The molecular weight excluding hydrogens is 184 g/mol. The van der Waals surface area contributed by atoms with Gasteiger partial charge in [0.1, 0.15) is 0 Å². The molecule has 2 fully saturated rings. The minimum atomic E-state index is 0.399. The fourth-order valence-corrected chi connectivity index (χ4v) is 2.93. The molecule has 2 rings (SSSR count). The van der Waals surface area contributed by atoms with E-state index in [0.29, 0.717) is 11.5 Å². The predicted molar refractivity (Wildman–Crippen MR) is 58.4 cm³/mol. The largest absolute Gasteiger partial charge is 0.379 e. The lowest BCUT2D eigenvalue weighted by Gasteiger charge is -2.37. The maximum Gasteiger partial charge on any atom is 0.0634 e. The molecule has 0 unspecified atom stereocenters. The summed E-state index contributed by atoms with van der Waals surface area (Å²) in [5.74, 6) is 3.82. The highest BCUT2D eigenvalue weighted by Crippen LogP contribution is 2.37. The lowest BCUT2D eigenvalue weighted by molar-refractivity contribution is 0.125. The highest BCUT2D eigenvalue weighted by atomic mass is 32.1. The van der Waals surface area contributed by atoms with Crippen LogP contribution in [0.1, 0.15) is 12.8 Å². The van der Waals surface area contributed by atoms with Crippen molar-refractivity contribution in [2.75, 3.05) is 26.3 Å². The Morgan fingerprint density at radius 1 is 1.46 bits per heavy atom. The standard InChI is InChI=1S/C9H18N2OS/c1-13-11-8-6-12-7-9(8)2-4-10-5-3-9/h8,10-11,13H,1-7H2/t8-/m1/s1. The molecule has 0 aromatic carbocycles. The zero-order valence-electron chi connectivity index (χ0n) is 7.88. The van der Waals surface area contributed by atoms with Crippen LogP contribution in [0.4, 0.5) is 0 Å². The van der Waals surface area contributed by atoms with Gasteiger partial charge in [-0.3, -0.25) is 4.72 Å². The number of thiol groups is 1. The van der Waals surface area contributed by atoms with Crippen molar-refractivity contribution in [1.82, 2.24) is 10.0 Å². The van der Waals surface area contributed by atoms with Crippen LogP contribution >= 0.6 is 11.5 Å². The first-order chi connectivity index (χ1) is 6.37. The van der Waals surface area contributed by atoms with Crippen LogP contribution in [0, 0.1) is 5.41 Å². The number of hydrogen-bond donors (Lipinski definition) is 3. The van der Waals surface area contributed by atoms with Crippen molar-refractivity contribution in [2.24, 2.45) is 5.41 Å². The van der Waals surface area contributed by atoms with Crippen molar-refractivity contribution in [3.05, 3.63) is 0 Å². The summed E-state index contributed by atoms with van der Waals surface area (Å²) in [6, 6.07) is 0.522. The molecule has 4 heteroatoms. The molecule has 3 nitrogen and oxygen atoms in total. The Kier molecular flexibility index (Phi) is 3.03. The molecule has 1 atom stereocenters. The monoisotopic (exact) mass is 202 g/mol. The van der Waals surface area contributed by atoms with Crippen molar-refractivity contribution >= 4 is 17.4 Å². The van der Waals surface area contributed by atoms with Crippen LogP contribution in [-0.2, 0) is 4.74 Å². The highest BCUT2D eigenvalue weighted by molar-refractivity contribution is 7.94. The lowest BCUT2D eigenvalue weighted by atomic mass is 9.75. The summed E-state index contributed by atoms with van der Waals surface area (Å²) >= 11 is 1.03. The van der Waals surface area contributed by atoms with E-state index in [-0.39, 0.29) is 0 Å². The summed E-state index contributed by atoms with van der Waals surface area (Å²) in [6.45, 7) is 4.07. The maximum absolute atomic E-state index is 5.58. The zero-order chi connectivity index (χ0) is 9.15. The predicted octanol–water partition coefficient (Wildman–Crippen LogP) is 0.157. The smallest absolute Gasteiger partial charge is 0.0634 e. The van der Waals surface area contributed by atoms with E-state index in [4.69, 9.17) is 4.74 Å². The Labute approximate surface area is 83.3 Å². The number of rotatable bonds is 2. The highest BCUT2D eigenvalue weighted by Gasteiger charge is 2.43. The molecule has 0 bridgehead atoms. The average molecular weight is 202 g/mol. The first-order valence-electron chi connectivity index (χ1n) is 4.87. The van der Waals surface area contributed by atoms with Crippen LogP contribution in [0.15, 0.2) is 0 Å². The number of ether oxygens (including phenoxy) is 1. The van der Waals surface area contributed by atoms with Gasteiger partial charge in [-0.1, -0.05) is 5.87 Å². The van der Waals surface area contributed by atoms with Gasteiger partial charge in [0.05, 0.1) is 13.2 Å². The molecule has 2 heterocycles. The maximum atomic E-state index is 5.58. The molecule has 0 aromatic heterocycles. The second-order valence-corrected chi connectivity index (χ2v) is 4.54. The summed E-state index contributed by atoms with van der Waals surface area (Å²) < 4.78 is 8.99. The summed E-state index contributed by atoms with van der Waals surface area (Å²) in [4.78, 5) is 0. The van der Waals surface area contributed by atoms with E-state index in [0.717, 1.165) is 37.8 Å². The van der Waals surface area contributed by atoms with Crippen molar-refractivity contribution in [1.29, 1.82) is 0 Å². The van der Waals surface area contributed by atoms with Crippen LogP contribution in [0.25, 0.3) is 0 Å². The molecule has 0 aliphatic carbocycles. The van der Waals surface area contributed by atoms with E-state index in [1.165, 1.54) is 12.8 Å². The van der Waals surface area contributed by atoms with Gasteiger partial charge in [0.25, 0.3) is 0 Å². The van der Waals surface area contributed by atoms with Gasteiger partial charge in [0, 0.05) is 11.5 Å². The van der Waals surface area contributed by atoms with Crippen molar-refractivity contribution in [3.63, 3.8) is 0 Å². The summed E-state index contributed by atoms with van der Waals surface area (Å²) in [5.41, 5.74) is 0.399. The minimum absolute atomic E-state index is 0.399. The number of piperidine rings is 1. The Morgan fingerprint density at radius 2 is 2.23 bits per heavy atom. The molecule has 2 aliphatic rings. The fraction of sp³-hybridized carbons (Fsp3) is 0.889. The summed E-state index contributed by atoms with van der Waals surface area (Å²) in [5, 5.41) is 3.40. The molecule has 0 amide bonds. The topological polar surface area (TPSA) is 33.3 Å². The van der Waals surface area contributed by atoms with E-state index < -0.39 is 0 Å². The molecular formula is C9H18N2OS. The van der Waals surface area contributed by atoms with E-state index >= 15 is 0 Å². The molecule has 2 N–H and O–H groups in total. The van der Waals surface area contributed by atoms with Gasteiger partial charge in [-0.15, -0.1) is 11.5 Å². The molecule has 0 saturated carbocycles. The fourth-order valence-electron chi connectivity index (χ4n) is 2.36. The van der Waals surface area contributed by atoms with Crippen LogP contribution in [0.2, 0.25) is 0 Å². The molecule has 76 valence electrons. The van der Waals surface area contributed by atoms with Gasteiger partial charge in [0.2, 0.25) is 0 Å². The Hall–Kier alpha value is 0.1000. The SMILES string of the molecule is C=[SH]N[C@@H]1COCC12CCNCC2. The van der Waals surface area contributed by atoms with E-state index in [2.05, 4.69) is 15.9 Å². The first kappa shape index (κ1) is 9.65. The van der Waals surface area contributed by atoms with E-state index in [1.807, 2.05) is 0 Å². The molecule has 2 saturated heterocycles. The van der Waals surface area contributed by atoms with Crippen molar-refractivity contribution < 1.29 is 4.74 Å². The molecule has 13 heavy (non-hydrogen) atoms. The van der Waals surface area contributed by atoms with Crippen LogP contribution in [0.5, 0.6) is 0 Å². The normalized spacial score (nSPS) is 32.5. The van der Waals surface area contributed by atoms with E-state index in [9.17, 15) is 0 Å². The van der Waals surface area contributed by atoms with Gasteiger partial charge in [-0.25, -0.2) is 0 Å². The van der Waals surface area contributed by atoms with Crippen molar-refractivity contribution in [3.8, 4) is 0 Å². The van der Waals surface area contributed by atoms with Crippen LogP contribution in [-0.4, -0.2) is 38.2 Å². The second kappa shape index (κ2) is 4.09. The minimum Gasteiger partial charge on any atom is -0.379 e. The van der Waals surface area contributed by atoms with Crippen LogP contribution in [0.3, 0.4) is 0 Å². The van der Waals surface area contributed by atoms with Gasteiger partial charge in [0.15, 0.2) is 0 Å². The third-order valence-corrected chi connectivity index (χ3v) is 3.75. The zero-order valence-corrected chi connectivity index (χ0v) is 8.78. The van der Waals surface area contributed by atoms with Gasteiger partial charge >= 0.3 is 0 Å². The Balaban J connectivity index is 2.04. The third-order valence-electron chi connectivity index (χ3n) is 3.26. The summed E-state index contributed by atoms with van der Waals surface area (Å²) in [7, 11) is 0. The summed E-state index contributed by atoms with van der Waals surface area (Å²) in [6.07, 6.45) is 2.47. The van der Waals surface area contributed by atoms with E-state index in [1.54, 1.807) is 0 Å². The average Bonchev–Trinajstić information content (AvgIpc) is 2.52. The molecule has 1 spiro atoms. The quantitative estimate of drug-likeness (QED) is 0.441. The molecule has 2 aliphatic heterocycles. The molecule has 0 radical (unpaired) electrons. The number of hydrogen-bond acceptors (Lipinski definition) is 3. The van der Waals surface area contributed by atoms with Crippen LogP contribution < -0.4 is 10.0 Å². The molecule has 0 aromatic rings. The first-order valence-corrected chi connectivity index (χ1v) is 5.95. The second-order valence-electron chi connectivity index (χ2n) is 3.97. The Morgan fingerprint density at radius 3 is 2.92 bits per heavy atom. The lowest BCUT2D eigenvalue weighted by Crippen LogP contribution is -2.47. The van der Waals surface area contributed by atoms with Gasteiger partial charge < -0.3 is 10.1 Å². The number of nitrogens with one attached hydrogen (secondary N) is 2. The Bertz CT molecular complexity index is 192. The third kappa shape index (κ3) is 1.81. The van der Waals surface area contributed by atoms with Crippen molar-refractivity contribution in [2.45, 2.75) is 18.9 Å².